The zero-order valence-electron chi connectivity index (χ0n) is 17.4. The maximum absolute atomic E-state index is 12.4. The van der Waals surface area contributed by atoms with Crippen molar-refractivity contribution in [1.82, 2.24) is 20.1 Å². The lowest BCUT2D eigenvalue weighted by atomic mass is 10.1. The summed E-state index contributed by atoms with van der Waals surface area (Å²) in [4.78, 5) is 15.7. The Labute approximate surface area is 171 Å². The molecule has 0 saturated heterocycles. The number of hydrogen-bond donors (Lipinski definition) is 2. The van der Waals surface area contributed by atoms with Gasteiger partial charge in [-0.1, -0.05) is 18.6 Å². The van der Waals surface area contributed by atoms with Crippen molar-refractivity contribution in [3.05, 3.63) is 52.5 Å². The van der Waals surface area contributed by atoms with E-state index < -0.39 is 0 Å². The van der Waals surface area contributed by atoms with Gasteiger partial charge in [0.1, 0.15) is 0 Å². The molecule has 0 radical (unpaired) electrons. The number of rotatable bonds is 8. The van der Waals surface area contributed by atoms with Gasteiger partial charge in [-0.25, -0.2) is 0 Å². The van der Waals surface area contributed by atoms with Gasteiger partial charge >= 0.3 is 0 Å². The number of aryl methyl sites for hydroxylation is 3. The van der Waals surface area contributed by atoms with Crippen LogP contribution in [0.15, 0.2) is 24.4 Å². The summed E-state index contributed by atoms with van der Waals surface area (Å²) < 4.78 is 7.74. The minimum atomic E-state index is 0.0801. The highest BCUT2D eigenvalue weighted by Crippen LogP contribution is 2.22. The van der Waals surface area contributed by atoms with Crippen molar-refractivity contribution in [1.29, 1.82) is 0 Å². The zero-order chi connectivity index (χ0) is 20.2. The average molecular weight is 395 g/mol. The summed E-state index contributed by atoms with van der Waals surface area (Å²) in [5, 5.41) is 9.08. The predicted molar refractivity (Wildman–Crippen MR) is 114 cm³/mol. The van der Waals surface area contributed by atoms with Crippen LogP contribution in [0.25, 0.3) is 10.9 Å². The third kappa shape index (κ3) is 4.37. The van der Waals surface area contributed by atoms with Crippen LogP contribution in [0.3, 0.4) is 0 Å². The van der Waals surface area contributed by atoms with E-state index in [1.807, 2.05) is 6.20 Å². The molecular formula is C23H30N4O2. The number of benzene rings is 1. The van der Waals surface area contributed by atoms with Crippen molar-refractivity contribution >= 4 is 16.8 Å². The van der Waals surface area contributed by atoms with Crippen LogP contribution in [0.5, 0.6) is 0 Å². The van der Waals surface area contributed by atoms with Gasteiger partial charge in [-0.05, 0) is 37.5 Å². The van der Waals surface area contributed by atoms with E-state index in [2.05, 4.69) is 47.0 Å². The van der Waals surface area contributed by atoms with Gasteiger partial charge in [0, 0.05) is 60.7 Å². The summed E-state index contributed by atoms with van der Waals surface area (Å²) >= 11 is 0. The molecule has 3 aromatic rings. The first-order valence-corrected chi connectivity index (χ1v) is 10.6. The highest BCUT2D eigenvalue weighted by atomic mass is 16.5. The number of amides is 1. The maximum atomic E-state index is 12.4. The number of aromatic amines is 1. The number of fused-ring (bicyclic) bond motifs is 2. The summed E-state index contributed by atoms with van der Waals surface area (Å²) in [6.07, 6.45) is 5.97. The normalized spacial score (nSPS) is 13.6. The predicted octanol–water partition coefficient (Wildman–Crippen LogP) is 3.45. The summed E-state index contributed by atoms with van der Waals surface area (Å²) in [6.45, 7) is 7.22. The third-order valence-corrected chi connectivity index (χ3v) is 5.64. The molecule has 1 aromatic carbocycles. The van der Waals surface area contributed by atoms with Gasteiger partial charge in [0.05, 0.1) is 18.9 Å². The van der Waals surface area contributed by atoms with Crippen molar-refractivity contribution in [2.75, 3.05) is 13.2 Å². The average Bonchev–Trinajstić information content (AvgIpc) is 3.28. The minimum Gasteiger partial charge on any atom is -0.376 e. The van der Waals surface area contributed by atoms with Crippen LogP contribution < -0.4 is 5.32 Å². The fourth-order valence-corrected chi connectivity index (χ4v) is 4.13. The van der Waals surface area contributed by atoms with Gasteiger partial charge in [-0.2, -0.15) is 5.10 Å². The molecule has 0 aliphatic carbocycles. The highest BCUT2D eigenvalue weighted by Gasteiger charge is 2.21. The number of hydrogen-bond acceptors (Lipinski definition) is 3. The molecule has 2 aromatic heterocycles. The Hall–Kier alpha value is -2.60. The Morgan fingerprint density at radius 1 is 1.34 bits per heavy atom. The number of aromatic nitrogens is 3. The van der Waals surface area contributed by atoms with E-state index in [1.165, 1.54) is 27.8 Å². The second-order valence-electron chi connectivity index (χ2n) is 7.86. The summed E-state index contributed by atoms with van der Waals surface area (Å²) in [6, 6.07) is 6.41. The summed E-state index contributed by atoms with van der Waals surface area (Å²) in [5.41, 5.74) is 7.16. The Balaban J connectivity index is 1.31. The lowest BCUT2D eigenvalue weighted by Crippen LogP contribution is -2.26. The summed E-state index contributed by atoms with van der Waals surface area (Å²) in [7, 11) is 0. The van der Waals surface area contributed by atoms with E-state index in [9.17, 15) is 4.79 Å². The van der Waals surface area contributed by atoms with Gasteiger partial charge in [-0.15, -0.1) is 0 Å². The highest BCUT2D eigenvalue weighted by molar-refractivity contribution is 5.84. The molecular weight excluding hydrogens is 364 g/mol. The third-order valence-electron chi connectivity index (χ3n) is 5.64. The number of nitrogens with one attached hydrogen (secondary N) is 2. The molecule has 6 nitrogen and oxygen atoms in total. The van der Waals surface area contributed by atoms with Crippen LogP contribution in [0, 0.1) is 6.92 Å². The van der Waals surface area contributed by atoms with Gasteiger partial charge in [0.25, 0.3) is 0 Å². The fourth-order valence-electron chi connectivity index (χ4n) is 4.13. The zero-order valence-corrected chi connectivity index (χ0v) is 17.4. The van der Waals surface area contributed by atoms with E-state index in [0.717, 1.165) is 43.6 Å². The number of carbonyl (C=O) groups excluding carboxylic acids is 1. The van der Waals surface area contributed by atoms with Crippen molar-refractivity contribution in [2.45, 2.75) is 59.1 Å². The van der Waals surface area contributed by atoms with Gasteiger partial charge < -0.3 is 15.0 Å². The fraction of sp³-hybridized carbons (Fsp3) is 0.478. The van der Waals surface area contributed by atoms with Gasteiger partial charge in [-0.3, -0.25) is 9.48 Å². The molecule has 29 heavy (non-hydrogen) atoms. The minimum absolute atomic E-state index is 0.0801. The number of ether oxygens (including phenoxy) is 1. The Morgan fingerprint density at radius 2 is 2.24 bits per heavy atom. The molecule has 154 valence electrons. The van der Waals surface area contributed by atoms with E-state index in [4.69, 9.17) is 9.84 Å². The molecule has 0 bridgehead atoms. The molecule has 0 saturated carbocycles. The van der Waals surface area contributed by atoms with Crippen molar-refractivity contribution in [3.63, 3.8) is 0 Å². The number of H-pyrrole nitrogens is 1. The Kier molecular flexibility index (Phi) is 6.00. The van der Waals surface area contributed by atoms with Crippen molar-refractivity contribution in [2.24, 2.45) is 0 Å². The largest absolute Gasteiger partial charge is 0.376 e. The van der Waals surface area contributed by atoms with Crippen LogP contribution in [0.1, 0.15) is 47.8 Å². The monoisotopic (exact) mass is 394 g/mol. The smallest absolute Gasteiger partial charge is 0.220 e. The molecule has 2 N–H and O–H groups in total. The van der Waals surface area contributed by atoms with Gasteiger partial charge in [0.15, 0.2) is 0 Å². The quantitative estimate of drug-likeness (QED) is 0.615. The van der Waals surface area contributed by atoms with E-state index in [0.29, 0.717) is 26.0 Å². The lowest BCUT2D eigenvalue weighted by molar-refractivity contribution is -0.121. The second kappa shape index (κ2) is 8.82. The second-order valence-corrected chi connectivity index (χ2v) is 7.86. The van der Waals surface area contributed by atoms with Crippen LogP contribution in [0.4, 0.5) is 0 Å². The number of nitrogens with zero attached hydrogens (tertiary/aromatic N) is 2. The molecule has 3 heterocycles. The summed E-state index contributed by atoms with van der Waals surface area (Å²) in [5.74, 6) is 0.0801. The standard InChI is InChI=1S/C23H30N4O2/c1-3-11-27-22-9-12-29-15-19(22)21(26-27)6-7-23(28)24-10-8-17-14-25-20-5-4-16(2)13-18(17)20/h4-5,13-14,25H,3,6-12,15H2,1-2H3,(H,24,28). The molecule has 6 heteroatoms. The van der Waals surface area contributed by atoms with Crippen molar-refractivity contribution in [3.8, 4) is 0 Å². The lowest BCUT2D eigenvalue weighted by Gasteiger charge is -2.14. The molecule has 0 fully saturated rings. The molecule has 0 unspecified atom stereocenters. The van der Waals surface area contributed by atoms with Crippen LogP contribution in [0.2, 0.25) is 0 Å². The molecule has 0 atom stereocenters. The topological polar surface area (TPSA) is 71.9 Å². The first kappa shape index (κ1) is 19.7. The Morgan fingerprint density at radius 3 is 3.10 bits per heavy atom. The maximum Gasteiger partial charge on any atom is 0.220 e. The molecule has 1 aliphatic rings. The Bertz CT molecular complexity index is 1000. The molecule has 4 rings (SSSR count). The molecule has 1 amide bonds. The molecule has 0 spiro atoms. The van der Waals surface area contributed by atoms with E-state index in [1.54, 1.807) is 0 Å². The van der Waals surface area contributed by atoms with Crippen molar-refractivity contribution < 1.29 is 9.53 Å². The van der Waals surface area contributed by atoms with Crippen LogP contribution in [-0.4, -0.2) is 33.8 Å². The van der Waals surface area contributed by atoms with E-state index >= 15 is 0 Å². The number of carbonyl (C=O) groups is 1. The first-order chi connectivity index (χ1) is 14.2. The molecule has 1 aliphatic heterocycles. The van der Waals surface area contributed by atoms with E-state index in [-0.39, 0.29) is 5.91 Å². The first-order valence-electron chi connectivity index (χ1n) is 10.6. The van der Waals surface area contributed by atoms with Gasteiger partial charge in [0.2, 0.25) is 5.91 Å². The van der Waals surface area contributed by atoms with Crippen LogP contribution >= 0.6 is 0 Å². The SMILES string of the molecule is CCCn1nc(CCC(=O)NCCc2c[nH]c3ccc(C)cc23)c2c1CCOC2. The van der Waals surface area contributed by atoms with Crippen LogP contribution in [-0.2, 0) is 41.9 Å².